The predicted molar refractivity (Wildman–Crippen MR) is 84.9 cm³/mol. The zero-order valence-electron chi connectivity index (χ0n) is 12.2. The molecular formula is C17H18N4. The molecule has 0 atom stereocenters. The molecular weight excluding hydrogens is 260 g/mol. The van der Waals surface area contributed by atoms with E-state index >= 15 is 0 Å². The summed E-state index contributed by atoms with van der Waals surface area (Å²) in [7, 11) is 0. The molecule has 21 heavy (non-hydrogen) atoms. The molecule has 0 unspecified atom stereocenters. The predicted octanol–water partition coefficient (Wildman–Crippen LogP) is 3.19. The number of nitrogens with two attached hydrogens (primary N) is 1. The van der Waals surface area contributed by atoms with Crippen LogP contribution in [0.2, 0.25) is 0 Å². The molecule has 0 fully saturated rings. The minimum Gasteiger partial charge on any atom is -0.383 e. The molecule has 1 aromatic carbocycles. The first-order chi connectivity index (χ1) is 10.2. The molecule has 2 aromatic heterocycles. The van der Waals surface area contributed by atoms with Crippen molar-refractivity contribution in [1.82, 2.24) is 14.5 Å². The smallest absolute Gasteiger partial charge is 0.132 e. The molecule has 2 N–H and O–H groups in total. The number of imidazole rings is 1. The summed E-state index contributed by atoms with van der Waals surface area (Å²) in [6.07, 6.45) is 3.60. The molecule has 106 valence electrons. The van der Waals surface area contributed by atoms with Crippen LogP contribution < -0.4 is 5.73 Å². The van der Waals surface area contributed by atoms with Gasteiger partial charge in [0, 0.05) is 18.0 Å². The number of anilines is 1. The summed E-state index contributed by atoms with van der Waals surface area (Å²) in [6, 6.07) is 12.2. The van der Waals surface area contributed by atoms with Gasteiger partial charge in [0.2, 0.25) is 0 Å². The van der Waals surface area contributed by atoms with Gasteiger partial charge in [-0.3, -0.25) is 4.98 Å². The van der Waals surface area contributed by atoms with Gasteiger partial charge >= 0.3 is 0 Å². The highest BCUT2D eigenvalue weighted by Crippen LogP contribution is 2.28. The maximum atomic E-state index is 6.33. The van der Waals surface area contributed by atoms with Crippen LogP contribution in [0, 0.1) is 13.8 Å². The second-order valence-electron chi connectivity index (χ2n) is 5.16. The van der Waals surface area contributed by atoms with Gasteiger partial charge in [0.1, 0.15) is 17.3 Å². The molecule has 0 aliphatic carbocycles. The Labute approximate surface area is 124 Å². The average molecular weight is 278 g/mol. The number of nitrogen functional groups attached to an aromatic ring is 1. The van der Waals surface area contributed by atoms with E-state index in [1.54, 1.807) is 6.20 Å². The minimum absolute atomic E-state index is 0.687. The van der Waals surface area contributed by atoms with Crippen LogP contribution >= 0.6 is 0 Å². The van der Waals surface area contributed by atoms with E-state index in [0.717, 1.165) is 29.2 Å². The SMILES string of the molecule is Cc1ccncc1-c1nc(C)n(Cc2ccccc2)c1N. The second-order valence-corrected chi connectivity index (χ2v) is 5.16. The van der Waals surface area contributed by atoms with E-state index in [4.69, 9.17) is 5.73 Å². The Morgan fingerprint density at radius 2 is 1.86 bits per heavy atom. The van der Waals surface area contributed by atoms with Crippen LogP contribution in [0.15, 0.2) is 48.8 Å². The maximum absolute atomic E-state index is 6.33. The summed E-state index contributed by atoms with van der Waals surface area (Å²) in [5, 5.41) is 0. The van der Waals surface area contributed by atoms with Crippen molar-refractivity contribution in [1.29, 1.82) is 0 Å². The van der Waals surface area contributed by atoms with Crippen molar-refractivity contribution >= 4 is 5.82 Å². The van der Waals surface area contributed by atoms with Crippen molar-refractivity contribution in [3.8, 4) is 11.3 Å². The normalized spacial score (nSPS) is 10.8. The highest BCUT2D eigenvalue weighted by molar-refractivity contribution is 5.73. The number of benzene rings is 1. The fourth-order valence-electron chi connectivity index (χ4n) is 2.46. The van der Waals surface area contributed by atoms with Crippen molar-refractivity contribution in [2.24, 2.45) is 0 Å². The molecule has 0 aliphatic rings. The van der Waals surface area contributed by atoms with Crippen molar-refractivity contribution in [2.45, 2.75) is 20.4 Å². The van der Waals surface area contributed by atoms with E-state index in [0.29, 0.717) is 5.82 Å². The number of aromatic nitrogens is 3. The van der Waals surface area contributed by atoms with Crippen molar-refractivity contribution in [2.75, 3.05) is 5.73 Å². The Morgan fingerprint density at radius 3 is 2.57 bits per heavy atom. The van der Waals surface area contributed by atoms with E-state index in [1.807, 2.05) is 48.9 Å². The highest BCUT2D eigenvalue weighted by Gasteiger charge is 2.15. The van der Waals surface area contributed by atoms with E-state index in [9.17, 15) is 0 Å². The summed E-state index contributed by atoms with van der Waals surface area (Å²) in [6.45, 7) is 4.75. The Bertz CT molecular complexity index is 760. The first kappa shape index (κ1) is 13.4. The fourth-order valence-corrected chi connectivity index (χ4v) is 2.46. The third kappa shape index (κ3) is 2.52. The molecule has 0 saturated heterocycles. The van der Waals surface area contributed by atoms with Crippen LogP contribution in [0.1, 0.15) is 17.0 Å². The third-order valence-corrected chi connectivity index (χ3v) is 3.68. The first-order valence-electron chi connectivity index (χ1n) is 6.94. The average Bonchev–Trinajstić information content (AvgIpc) is 2.77. The van der Waals surface area contributed by atoms with Crippen molar-refractivity contribution in [3.05, 3.63) is 65.7 Å². The van der Waals surface area contributed by atoms with Gasteiger partial charge in [-0.15, -0.1) is 0 Å². The van der Waals surface area contributed by atoms with Gasteiger partial charge in [0.05, 0.1) is 6.54 Å². The Morgan fingerprint density at radius 1 is 1.10 bits per heavy atom. The van der Waals surface area contributed by atoms with Crippen LogP contribution in [-0.2, 0) is 6.54 Å². The quantitative estimate of drug-likeness (QED) is 0.800. The van der Waals surface area contributed by atoms with Gasteiger partial charge in [0.25, 0.3) is 0 Å². The molecule has 0 saturated carbocycles. The minimum atomic E-state index is 0.687. The summed E-state index contributed by atoms with van der Waals surface area (Å²) < 4.78 is 2.04. The van der Waals surface area contributed by atoms with Gasteiger partial charge in [-0.1, -0.05) is 30.3 Å². The van der Waals surface area contributed by atoms with Crippen molar-refractivity contribution < 1.29 is 0 Å². The summed E-state index contributed by atoms with van der Waals surface area (Å²) in [5.74, 6) is 1.60. The standard InChI is InChI=1S/C17H18N4/c1-12-8-9-19-10-15(12)16-17(18)21(13(2)20-16)11-14-6-4-3-5-7-14/h3-10H,11,18H2,1-2H3. The van der Waals surface area contributed by atoms with Crippen LogP contribution in [0.5, 0.6) is 0 Å². The number of hydrogen-bond donors (Lipinski definition) is 1. The number of aryl methyl sites for hydroxylation is 2. The molecule has 0 radical (unpaired) electrons. The van der Waals surface area contributed by atoms with Crippen LogP contribution in [-0.4, -0.2) is 14.5 Å². The van der Waals surface area contributed by atoms with Crippen molar-refractivity contribution in [3.63, 3.8) is 0 Å². The molecule has 3 aromatic rings. The monoisotopic (exact) mass is 278 g/mol. The molecule has 3 rings (SSSR count). The zero-order valence-corrected chi connectivity index (χ0v) is 12.2. The summed E-state index contributed by atoms with van der Waals surface area (Å²) >= 11 is 0. The number of nitrogens with zero attached hydrogens (tertiary/aromatic N) is 3. The lowest BCUT2D eigenvalue weighted by molar-refractivity contribution is 0.771. The topological polar surface area (TPSA) is 56.7 Å². The lowest BCUT2D eigenvalue weighted by Crippen LogP contribution is -2.06. The zero-order chi connectivity index (χ0) is 14.8. The van der Waals surface area contributed by atoms with Crippen LogP contribution in [0.25, 0.3) is 11.3 Å². The Balaban J connectivity index is 2.03. The second kappa shape index (κ2) is 5.40. The van der Waals surface area contributed by atoms with Gasteiger partial charge in [-0.25, -0.2) is 4.98 Å². The van der Waals surface area contributed by atoms with Gasteiger partial charge in [-0.05, 0) is 31.0 Å². The molecule has 0 bridgehead atoms. The largest absolute Gasteiger partial charge is 0.383 e. The molecule has 4 heteroatoms. The van der Waals surface area contributed by atoms with E-state index < -0.39 is 0 Å². The van der Waals surface area contributed by atoms with Crippen LogP contribution in [0.3, 0.4) is 0 Å². The molecule has 0 spiro atoms. The molecule has 4 nitrogen and oxygen atoms in total. The molecule has 0 amide bonds. The lowest BCUT2D eigenvalue weighted by Gasteiger charge is -2.08. The highest BCUT2D eigenvalue weighted by atomic mass is 15.1. The molecule has 2 heterocycles. The van der Waals surface area contributed by atoms with E-state index in [2.05, 4.69) is 22.1 Å². The number of pyridine rings is 1. The Kier molecular flexibility index (Phi) is 3.44. The maximum Gasteiger partial charge on any atom is 0.132 e. The first-order valence-corrected chi connectivity index (χ1v) is 6.94. The number of rotatable bonds is 3. The lowest BCUT2D eigenvalue weighted by atomic mass is 10.1. The Hall–Kier alpha value is -2.62. The van der Waals surface area contributed by atoms with E-state index in [1.165, 1.54) is 5.56 Å². The third-order valence-electron chi connectivity index (χ3n) is 3.68. The summed E-state index contributed by atoms with van der Waals surface area (Å²) in [5.41, 5.74) is 10.5. The number of hydrogen-bond acceptors (Lipinski definition) is 3. The van der Waals surface area contributed by atoms with Crippen LogP contribution in [0.4, 0.5) is 5.82 Å². The van der Waals surface area contributed by atoms with E-state index in [-0.39, 0.29) is 0 Å². The molecule has 0 aliphatic heterocycles. The van der Waals surface area contributed by atoms with Gasteiger partial charge in [-0.2, -0.15) is 0 Å². The van der Waals surface area contributed by atoms with Gasteiger partial charge in [0.15, 0.2) is 0 Å². The fraction of sp³-hybridized carbons (Fsp3) is 0.176. The van der Waals surface area contributed by atoms with Gasteiger partial charge < -0.3 is 10.3 Å². The summed E-state index contributed by atoms with van der Waals surface area (Å²) in [4.78, 5) is 8.82.